The largest absolute Gasteiger partial charge is 0.394 e. The summed E-state index contributed by atoms with van der Waals surface area (Å²) in [6.45, 7) is 2.52. The summed E-state index contributed by atoms with van der Waals surface area (Å²) in [6, 6.07) is -0.904. The van der Waals surface area contributed by atoms with Crippen LogP contribution in [-0.4, -0.2) is 140 Å². The number of carbonyl (C=O) groups excluding carboxylic acids is 1. The molecule has 9 N–H and O–H groups in total. The fourth-order valence-electron chi connectivity index (χ4n) is 7.62. The van der Waals surface area contributed by atoms with Gasteiger partial charge in [-0.15, -0.1) is 0 Å². The number of hydrogen-bond acceptors (Lipinski definition) is 13. The molecule has 0 radical (unpaired) electrons. The summed E-state index contributed by atoms with van der Waals surface area (Å²) in [5.41, 5.74) is 0. The van der Waals surface area contributed by atoms with E-state index in [0.29, 0.717) is 6.42 Å². The Morgan fingerprint density at radius 3 is 1.57 bits per heavy atom. The lowest BCUT2D eigenvalue weighted by Crippen LogP contribution is -2.65. The van der Waals surface area contributed by atoms with Crippen LogP contribution in [0.2, 0.25) is 0 Å². The van der Waals surface area contributed by atoms with Gasteiger partial charge < -0.3 is 65.1 Å². The number of rotatable bonds is 34. The monoisotopic (exact) mass is 834 g/mol. The molecule has 12 unspecified atom stereocenters. The van der Waals surface area contributed by atoms with Crippen LogP contribution in [0.3, 0.4) is 0 Å². The summed E-state index contributed by atoms with van der Waals surface area (Å²) in [6.07, 6.45) is 15.5. The Bertz CT molecular complexity index is 1040. The minimum Gasteiger partial charge on any atom is -0.394 e. The number of aliphatic hydroxyl groups is 8. The van der Waals surface area contributed by atoms with E-state index in [9.17, 15) is 45.6 Å². The molecule has 14 heteroatoms. The molecule has 0 aromatic heterocycles. The quantitative estimate of drug-likeness (QED) is 0.0324. The molecule has 0 aromatic carbocycles. The molecular weight excluding hydrogens is 750 g/mol. The number of nitrogens with one attached hydrogen (secondary N) is 1. The lowest BCUT2D eigenvalue weighted by atomic mass is 9.97. The van der Waals surface area contributed by atoms with Crippen molar-refractivity contribution in [3.8, 4) is 0 Å². The smallest absolute Gasteiger partial charge is 0.220 e. The highest BCUT2D eigenvalue weighted by atomic mass is 16.7. The average Bonchev–Trinajstić information content (AvgIpc) is 3.22. The van der Waals surface area contributed by atoms with Gasteiger partial charge in [0.25, 0.3) is 0 Å². The molecule has 58 heavy (non-hydrogen) atoms. The van der Waals surface area contributed by atoms with Crippen molar-refractivity contribution in [1.29, 1.82) is 0 Å². The van der Waals surface area contributed by atoms with Gasteiger partial charge in [-0.25, -0.2) is 0 Å². The highest BCUT2D eigenvalue weighted by molar-refractivity contribution is 5.76. The predicted octanol–water partition coefficient (Wildman–Crippen LogP) is 4.43. The van der Waals surface area contributed by atoms with Crippen LogP contribution in [0.5, 0.6) is 0 Å². The summed E-state index contributed by atoms with van der Waals surface area (Å²) >= 11 is 0. The third-order valence-electron chi connectivity index (χ3n) is 11.5. The number of hydrogen-bond donors (Lipinski definition) is 9. The van der Waals surface area contributed by atoms with Crippen LogP contribution in [0.15, 0.2) is 12.2 Å². The summed E-state index contributed by atoms with van der Waals surface area (Å²) in [5.74, 6) is -0.275. The molecule has 1 amide bonds. The van der Waals surface area contributed by atoms with Gasteiger partial charge in [-0.2, -0.15) is 0 Å². The molecule has 14 nitrogen and oxygen atoms in total. The minimum atomic E-state index is -1.78. The van der Waals surface area contributed by atoms with Crippen molar-refractivity contribution >= 4 is 5.91 Å². The normalized spacial score (nSPS) is 28.9. The van der Waals surface area contributed by atoms with Gasteiger partial charge in [0.2, 0.25) is 5.91 Å². The first-order valence-electron chi connectivity index (χ1n) is 22.9. The number of carbonyl (C=O) groups is 1. The number of aliphatic hydroxyl groups excluding tert-OH is 8. The van der Waals surface area contributed by atoms with Crippen molar-refractivity contribution in [1.82, 2.24) is 5.32 Å². The third kappa shape index (κ3) is 20.5. The van der Waals surface area contributed by atoms with E-state index in [1.54, 1.807) is 6.08 Å². The Morgan fingerprint density at radius 1 is 0.603 bits per heavy atom. The first-order valence-corrected chi connectivity index (χ1v) is 22.9. The number of ether oxygens (including phenoxy) is 4. The molecule has 0 bridgehead atoms. The molecule has 2 rings (SSSR count). The van der Waals surface area contributed by atoms with Crippen LogP contribution >= 0.6 is 0 Å². The average molecular weight is 834 g/mol. The van der Waals surface area contributed by atoms with E-state index in [1.807, 2.05) is 13.0 Å². The van der Waals surface area contributed by atoms with Crippen molar-refractivity contribution in [2.24, 2.45) is 0 Å². The maximum atomic E-state index is 12.6. The Balaban J connectivity index is 1.69. The molecule has 2 aliphatic heterocycles. The summed E-state index contributed by atoms with van der Waals surface area (Å²) in [7, 11) is 0. The third-order valence-corrected chi connectivity index (χ3v) is 11.5. The lowest BCUT2D eigenvalue weighted by molar-refractivity contribution is -0.359. The van der Waals surface area contributed by atoms with E-state index in [4.69, 9.17) is 18.9 Å². The number of amides is 1. The van der Waals surface area contributed by atoms with Crippen LogP contribution in [0.1, 0.15) is 168 Å². The highest BCUT2D eigenvalue weighted by Crippen LogP contribution is 2.30. The van der Waals surface area contributed by atoms with Crippen molar-refractivity contribution in [3.05, 3.63) is 12.2 Å². The Labute approximate surface area is 348 Å². The molecule has 12 atom stereocenters. The van der Waals surface area contributed by atoms with Crippen LogP contribution in [0.4, 0.5) is 0 Å². The first kappa shape index (κ1) is 52.9. The Kier molecular flexibility index (Phi) is 29.6. The molecular formula is C44H83NO13. The van der Waals surface area contributed by atoms with Gasteiger partial charge in [-0.05, 0) is 19.3 Å². The second-order valence-corrected chi connectivity index (χ2v) is 16.5. The summed E-state index contributed by atoms with van der Waals surface area (Å²) in [5, 5.41) is 85.7. The zero-order chi connectivity index (χ0) is 42.5. The Hall–Kier alpha value is -1.27. The predicted molar refractivity (Wildman–Crippen MR) is 222 cm³/mol. The van der Waals surface area contributed by atoms with Crippen LogP contribution in [0, 0.1) is 0 Å². The van der Waals surface area contributed by atoms with Crippen LogP contribution < -0.4 is 5.32 Å². The highest BCUT2D eigenvalue weighted by Gasteiger charge is 2.50. The SMILES string of the molecule is CCCCCCCCCCCCCCCCCCCCCC/C=C/C(O)C(COC1OC(CO)C(OC2OC(CO)C(O)C(O)C2O)C(O)C1O)NC(=O)CCCC. The van der Waals surface area contributed by atoms with Gasteiger partial charge in [0.1, 0.15) is 48.8 Å². The van der Waals surface area contributed by atoms with Gasteiger partial charge in [-0.1, -0.05) is 154 Å². The zero-order valence-corrected chi connectivity index (χ0v) is 35.8. The van der Waals surface area contributed by atoms with Gasteiger partial charge in [0.15, 0.2) is 12.6 Å². The Morgan fingerprint density at radius 2 is 1.07 bits per heavy atom. The lowest BCUT2D eigenvalue weighted by Gasteiger charge is -2.46. The second kappa shape index (κ2) is 32.4. The minimum absolute atomic E-state index is 0.258. The van der Waals surface area contributed by atoms with Crippen molar-refractivity contribution in [2.45, 2.75) is 242 Å². The molecule has 0 spiro atoms. The summed E-state index contributed by atoms with van der Waals surface area (Å²) < 4.78 is 22.4. The van der Waals surface area contributed by atoms with E-state index >= 15 is 0 Å². The molecule has 2 aliphatic rings. The molecule has 0 aliphatic carbocycles. The van der Waals surface area contributed by atoms with Crippen LogP contribution in [0.25, 0.3) is 0 Å². The van der Waals surface area contributed by atoms with E-state index in [-0.39, 0.29) is 18.9 Å². The fourth-order valence-corrected chi connectivity index (χ4v) is 7.62. The maximum absolute atomic E-state index is 12.6. The van der Waals surface area contributed by atoms with Crippen molar-refractivity contribution < 1.29 is 64.6 Å². The molecule has 0 aromatic rings. The van der Waals surface area contributed by atoms with Crippen molar-refractivity contribution in [2.75, 3.05) is 19.8 Å². The topological polar surface area (TPSA) is 228 Å². The standard InChI is InChI=1S/C44H83NO13/c1-3-5-7-8-9-10-11-12-13-14-15-16-17-18-19-20-21-22-23-24-25-26-27-33(48)32(45-36(49)28-6-4-2)31-55-43-41(54)39(52)42(35(30-47)57-43)58-44-40(53)38(51)37(50)34(29-46)56-44/h26-27,32-35,37-44,46-48,50-54H,3-25,28-31H2,1-2H3,(H,45,49)/b27-26+. The number of allylic oxidation sites excluding steroid dienone is 1. The van der Waals surface area contributed by atoms with Crippen LogP contribution in [-0.2, 0) is 23.7 Å². The van der Waals surface area contributed by atoms with Gasteiger partial charge in [0.05, 0.1) is 32.0 Å². The van der Waals surface area contributed by atoms with Gasteiger partial charge in [0, 0.05) is 6.42 Å². The van der Waals surface area contributed by atoms with E-state index in [2.05, 4.69) is 12.2 Å². The van der Waals surface area contributed by atoms with Gasteiger partial charge >= 0.3 is 0 Å². The van der Waals surface area contributed by atoms with E-state index < -0.39 is 86.8 Å². The second-order valence-electron chi connectivity index (χ2n) is 16.5. The van der Waals surface area contributed by atoms with E-state index in [1.165, 1.54) is 116 Å². The molecule has 342 valence electrons. The molecule has 2 fully saturated rings. The maximum Gasteiger partial charge on any atom is 0.220 e. The fraction of sp³-hybridized carbons (Fsp3) is 0.932. The molecule has 2 heterocycles. The first-order chi connectivity index (χ1) is 28.1. The van der Waals surface area contributed by atoms with Gasteiger partial charge in [-0.3, -0.25) is 4.79 Å². The summed E-state index contributed by atoms with van der Waals surface area (Å²) in [4.78, 5) is 12.6. The molecule has 0 saturated carbocycles. The number of unbranched alkanes of at least 4 members (excludes halogenated alkanes) is 21. The zero-order valence-electron chi connectivity index (χ0n) is 35.8. The van der Waals surface area contributed by atoms with E-state index in [0.717, 1.165) is 25.7 Å². The van der Waals surface area contributed by atoms with Crippen molar-refractivity contribution in [3.63, 3.8) is 0 Å². The molecule has 2 saturated heterocycles.